The minimum Gasteiger partial charge on any atom is -0.324 e. The lowest BCUT2D eigenvalue weighted by Gasteiger charge is -2.28. The molecule has 0 spiro atoms. The van der Waals surface area contributed by atoms with Gasteiger partial charge >= 0.3 is 0 Å². The van der Waals surface area contributed by atoms with E-state index in [0.29, 0.717) is 6.04 Å². The van der Waals surface area contributed by atoms with Crippen LogP contribution in [0.25, 0.3) is 11.0 Å². The minimum atomic E-state index is -0.0823. The summed E-state index contributed by atoms with van der Waals surface area (Å²) in [5.41, 5.74) is 8.55. The van der Waals surface area contributed by atoms with Crippen molar-refractivity contribution < 1.29 is 0 Å². The van der Waals surface area contributed by atoms with Crippen LogP contribution in [-0.2, 0) is 0 Å². The lowest BCUT2D eigenvalue weighted by atomic mass is 9.87. The maximum Gasteiger partial charge on any atom is 0.127 e. The van der Waals surface area contributed by atoms with Crippen LogP contribution < -0.4 is 5.73 Å². The Morgan fingerprint density at radius 1 is 1.26 bits per heavy atom. The summed E-state index contributed by atoms with van der Waals surface area (Å²) >= 11 is 3.50. The van der Waals surface area contributed by atoms with Gasteiger partial charge in [0.25, 0.3) is 0 Å². The third-order valence-corrected chi connectivity index (χ3v) is 3.90. The van der Waals surface area contributed by atoms with Gasteiger partial charge in [-0.05, 0) is 37.5 Å². The molecule has 4 heteroatoms. The Morgan fingerprint density at radius 2 is 1.89 bits per heavy atom. The van der Waals surface area contributed by atoms with E-state index in [9.17, 15) is 0 Å². The van der Waals surface area contributed by atoms with Gasteiger partial charge in [-0.25, -0.2) is 4.98 Å². The van der Waals surface area contributed by atoms with Crippen LogP contribution in [0, 0.1) is 5.41 Å². The second-order valence-corrected chi connectivity index (χ2v) is 7.33. The Kier molecular flexibility index (Phi) is 3.76. The summed E-state index contributed by atoms with van der Waals surface area (Å²) in [5.74, 6) is 0.968. The van der Waals surface area contributed by atoms with Crippen LogP contribution >= 0.6 is 15.9 Å². The predicted molar refractivity (Wildman–Crippen MR) is 84.2 cm³/mol. The van der Waals surface area contributed by atoms with Crippen LogP contribution in [0.5, 0.6) is 0 Å². The van der Waals surface area contributed by atoms with E-state index in [2.05, 4.69) is 67.2 Å². The van der Waals surface area contributed by atoms with Gasteiger partial charge < -0.3 is 10.3 Å². The van der Waals surface area contributed by atoms with Crippen molar-refractivity contribution >= 4 is 27.0 Å². The molecule has 1 atom stereocenters. The van der Waals surface area contributed by atoms with Crippen LogP contribution in [0.1, 0.15) is 52.5 Å². The van der Waals surface area contributed by atoms with E-state index < -0.39 is 0 Å². The Labute approximate surface area is 123 Å². The van der Waals surface area contributed by atoms with Crippen LogP contribution in [-0.4, -0.2) is 9.55 Å². The summed E-state index contributed by atoms with van der Waals surface area (Å²) in [5, 5.41) is 0. The molecule has 19 heavy (non-hydrogen) atoms. The number of nitrogens with two attached hydrogens (primary N) is 1. The zero-order valence-corrected chi connectivity index (χ0v) is 13.8. The summed E-state index contributed by atoms with van der Waals surface area (Å²) in [6.07, 6.45) is 0. The van der Waals surface area contributed by atoms with Gasteiger partial charge in [-0.15, -0.1) is 0 Å². The number of hydrogen-bond acceptors (Lipinski definition) is 2. The fourth-order valence-electron chi connectivity index (χ4n) is 2.24. The van der Waals surface area contributed by atoms with E-state index in [1.807, 2.05) is 6.07 Å². The first-order valence-electron chi connectivity index (χ1n) is 6.65. The van der Waals surface area contributed by atoms with Gasteiger partial charge in [0.05, 0.1) is 17.1 Å². The minimum absolute atomic E-state index is 0.00868. The molecule has 0 radical (unpaired) electrons. The first-order chi connectivity index (χ1) is 8.71. The van der Waals surface area contributed by atoms with Gasteiger partial charge in [0.1, 0.15) is 5.82 Å². The van der Waals surface area contributed by atoms with Crippen molar-refractivity contribution in [2.75, 3.05) is 0 Å². The molecule has 0 fully saturated rings. The van der Waals surface area contributed by atoms with Crippen molar-refractivity contribution in [2.24, 2.45) is 11.1 Å². The topological polar surface area (TPSA) is 43.8 Å². The summed E-state index contributed by atoms with van der Waals surface area (Å²) in [6.45, 7) is 10.8. The average molecular weight is 324 g/mol. The quantitative estimate of drug-likeness (QED) is 0.888. The third kappa shape index (κ3) is 2.70. The average Bonchev–Trinajstić information content (AvgIpc) is 2.64. The number of aromatic nitrogens is 2. The molecular weight excluding hydrogens is 302 g/mol. The van der Waals surface area contributed by atoms with Crippen molar-refractivity contribution in [3.05, 3.63) is 28.5 Å². The van der Waals surface area contributed by atoms with E-state index >= 15 is 0 Å². The van der Waals surface area contributed by atoms with Crippen LogP contribution in [0.15, 0.2) is 22.7 Å². The fourth-order valence-corrected chi connectivity index (χ4v) is 2.59. The monoisotopic (exact) mass is 323 g/mol. The van der Waals surface area contributed by atoms with Crippen LogP contribution in [0.3, 0.4) is 0 Å². The second-order valence-electron chi connectivity index (χ2n) is 6.41. The van der Waals surface area contributed by atoms with E-state index in [4.69, 9.17) is 10.7 Å². The van der Waals surface area contributed by atoms with E-state index in [1.165, 1.54) is 0 Å². The summed E-state index contributed by atoms with van der Waals surface area (Å²) < 4.78 is 3.29. The molecule has 0 amide bonds. The molecule has 1 aromatic carbocycles. The van der Waals surface area contributed by atoms with Gasteiger partial charge in [-0.2, -0.15) is 0 Å². The summed E-state index contributed by atoms with van der Waals surface area (Å²) in [4.78, 5) is 4.77. The number of hydrogen-bond donors (Lipinski definition) is 1. The molecule has 1 aromatic heterocycles. The normalized spacial score (nSPS) is 14.3. The first-order valence-corrected chi connectivity index (χ1v) is 7.44. The Hall–Kier alpha value is -0.870. The molecule has 2 rings (SSSR count). The van der Waals surface area contributed by atoms with Crippen molar-refractivity contribution in [3.63, 3.8) is 0 Å². The van der Waals surface area contributed by atoms with E-state index in [-0.39, 0.29) is 11.5 Å². The van der Waals surface area contributed by atoms with Crippen molar-refractivity contribution in [1.82, 2.24) is 9.55 Å². The summed E-state index contributed by atoms with van der Waals surface area (Å²) in [6, 6.07) is 6.46. The van der Waals surface area contributed by atoms with Crippen molar-refractivity contribution in [3.8, 4) is 0 Å². The largest absolute Gasteiger partial charge is 0.324 e. The standard InChI is InChI=1S/C15H22BrN3/c1-9(2)19-12-7-6-10(16)8-11(12)18-14(19)13(17)15(3,4)5/h6-9,13H,17H2,1-5H3. The van der Waals surface area contributed by atoms with Gasteiger partial charge in [-0.3, -0.25) is 0 Å². The second kappa shape index (κ2) is 4.91. The maximum absolute atomic E-state index is 6.42. The molecule has 2 aromatic rings. The fraction of sp³-hybridized carbons (Fsp3) is 0.533. The number of fused-ring (bicyclic) bond motifs is 1. The van der Waals surface area contributed by atoms with Gasteiger partial charge in [0, 0.05) is 10.5 Å². The predicted octanol–water partition coefficient (Wildman–Crippen LogP) is 4.43. The molecule has 0 aliphatic rings. The van der Waals surface area contributed by atoms with Crippen molar-refractivity contribution in [1.29, 1.82) is 0 Å². The van der Waals surface area contributed by atoms with Crippen LogP contribution in [0.4, 0.5) is 0 Å². The third-order valence-electron chi connectivity index (χ3n) is 3.41. The van der Waals surface area contributed by atoms with Gasteiger partial charge in [0.2, 0.25) is 0 Å². The lowest BCUT2D eigenvalue weighted by molar-refractivity contribution is 0.305. The molecule has 3 nitrogen and oxygen atoms in total. The molecule has 0 saturated carbocycles. The zero-order chi connectivity index (χ0) is 14.4. The Morgan fingerprint density at radius 3 is 2.42 bits per heavy atom. The first kappa shape index (κ1) is 14.5. The molecular formula is C15H22BrN3. The molecule has 1 heterocycles. The number of imidazole rings is 1. The number of halogens is 1. The number of rotatable bonds is 2. The smallest absolute Gasteiger partial charge is 0.127 e. The highest BCUT2D eigenvalue weighted by molar-refractivity contribution is 9.10. The lowest BCUT2D eigenvalue weighted by Crippen LogP contribution is -2.29. The Balaban J connectivity index is 2.69. The van der Waals surface area contributed by atoms with Crippen LogP contribution in [0.2, 0.25) is 0 Å². The molecule has 0 saturated heterocycles. The molecule has 0 aliphatic carbocycles. The zero-order valence-electron chi connectivity index (χ0n) is 12.2. The highest BCUT2D eigenvalue weighted by Crippen LogP contribution is 2.34. The summed E-state index contributed by atoms with van der Waals surface area (Å²) in [7, 11) is 0. The maximum atomic E-state index is 6.42. The molecule has 0 bridgehead atoms. The molecule has 1 unspecified atom stereocenters. The highest BCUT2D eigenvalue weighted by atomic mass is 79.9. The number of benzene rings is 1. The van der Waals surface area contributed by atoms with Gasteiger partial charge in [0.15, 0.2) is 0 Å². The molecule has 104 valence electrons. The molecule has 0 aliphatic heterocycles. The van der Waals surface area contributed by atoms with E-state index in [1.54, 1.807) is 0 Å². The SMILES string of the molecule is CC(C)n1c(C(N)C(C)(C)C)nc2cc(Br)ccc21. The number of nitrogens with zero attached hydrogens (tertiary/aromatic N) is 2. The Bertz CT molecular complexity index is 593. The van der Waals surface area contributed by atoms with E-state index in [0.717, 1.165) is 21.3 Å². The van der Waals surface area contributed by atoms with Crippen molar-refractivity contribution in [2.45, 2.75) is 46.7 Å². The highest BCUT2D eigenvalue weighted by Gasteiger charge is 2.28. The van der Waals surface area contributed by atoms with Gasteiger partial charge in [-0.1, -0.05) is 36.7 Å². The molecule has 2 N–H and O–H groups in total.